The Kier molecular flexibility index (Phi) is 3.93. The Morgan fingerprint density at radius 1 is 1.62 bits per heavy atom. The van der Waals surface area contributed by atoms with Gasteiger partial charge in [0.25, 0.3) is 0 Å². The van der Waals surface area contributed by atoms with Crippen molar-refractivity contribution < 1.29 is 0 Å². The number of hydrogen-bond donors (Lipinski definition) is 2. The van der Waals surface area contributed by atoms with E-state index in [4.69, 9.17) is 12.2 Å². The minimum atomic E-state index is 0.554. The van der Waals surface area contributed by atoms with Crippen molar-refractivity contribution in [3.05, 3.63) is 0 Å². The van der Waals surface area contributed by atoms with E-state index in [-0.39, 0.29) is 0 Å². The molecule has 3 nitrogen and oxygen atoms in total. The molecule has 1 fully saturated rings. The molecule has 0 saturated heterocycles. The van der Waals surface area contributed by atoms with Crippen molar-refractivity contribution in [2.45, 2.75) is 31.8 Å². The van der Waals surface area contributed by atoms with Gasteiger partial charge < -0.3 is 10.6 Å². The summed E-state index contributed by atoms with van der Waals surface area (Å²) in [5.74, 6) is 0. The van der Waals surface area contributed by atoms with Gasteiger partial charge in [-0.3, -0.25) is 4.90 Å². The van der Waals surface area contributed by atoms with Crippen molar-refractivity contribution in [1.82, 2.24) is 15.5 Å². The smallest absolute Gasteiger partial charge is 0.166 e. The molecule has 0 aromatic rings. The number of thiocarbonyl (C=S) groups is 1. The molecular weight excluding hydrogens is 182 g/mol. The number of nitrogens with one attached hydrogen (secondary N) is 2. The van der Waals surface area contributed by atoms with Crippen LogP contribution in [0.5, 0.6) is 0 Å². The summed E-state index contributed by atoms with van der Waals surface area (Å²) < 4.78 is 0. The lowest BCUT2D eigenvalue weighted by Gasteiger charge is -2.24. The van der Waals surface area contributed by atoms with Gasteiger partial charge in [0.1, 0.15) is 0 Å². The summed E-state index contributed by atoms with van der Waals surface area (Å²) in [5, 5.41) is 6.81. The van der Waals surface area contributed by atoms with E-state index in [0.717, 1.165) is 17.7 Å². The van der Waals surface area contributed by atoms with Crippen LogP contribution in [0.25, 0.3) is 0 Å². The maximum Gasteiger partial charge on any atom is 0.166 e. The van der Waals surface area contributed by atoms with Gasteiger partial charge in [-0.15, -0.1) is 0 Å². The molecule has 13 heavy (non-hydrogen) atoms. The summed E-state index contributed by atoms with van der Waals surface area (Å²) in [6.07, 6.45) is 2.72. The normalized spacial score (nSPS) is 18.5. The van der Waals surface area contributed by atoms with Crippen LogP contribution in [0.1, 0.15) is 19.8 Å². The molecule has 1 aliphatic carbocycles. The average molecular weight is 201 g/mol. The van der Waals surface area contributed by atoms with Crippen molar-refractivity contribution >= 4 is 17.3 Å². The Bertz CT molecular complexity index is 180. The lowest BCUT2D eigenvalue weighted by molar-refractivity contribution is 0.248. The van der Waals surface area contributed by atoms with Crippen LogP contribution in [0.3, 0.4) is 0 Å². The zero-order valence-electron chi connectivity index (χ0n) is 8.63. The zero-order chi connectivity index (χ0) is 9.84. The summed E-state index contributed by atoms with van der Waals surface area (Å²) in [5.41, 5.74) is 0. The molecule has 4 heteroatoms. The molecule has 1 atom stereocenters. The Hall–Kier alpha value is -0.350. The molecule has 0 heterocycles. The second-order valence-corrected chi connectivity index (χ2v) is 4.11. The maximum absolute atomic E-state index is 5.00. The lowest BCUT2D eigenvalue weighted by Crippen LogP contribution is -2.43. The SMILES string of the molecule is CNC(=S)NCC(C)N(C)C1CC1. The molecule has 1 unspecified atom stereocenters. The molecule has 0 bridgehead atoms. The van der Waals surface area contributed by atoms with E-state index >= 15 is 0 Å². The van der Waals surface area contributed by atoms with Crippen molar-refractivity contribution in [2.75, 3.05) is 20.6 Å². The van der Waals surface area contributed by atoms with Crippen molar-refractivity contribution in [1.29, 1.82) is 0 Å². The Morgan fingerprint density at radius 3 is 2.69 bits per heavy atom. The van der Waals surface area contributed by atoms with Crippen molar-refractivity contribution in [2.24, 2.45) is 0 Å². The first-order chi connectivity index (χ1) is 6.15. The second-order valence-electron chi connectivity index (χ2n) is 3.71. The van der Waals surface area contributed by atoms with Gasteiger partial charge in [0.05, 0.1) is 0 Å². The van der Waals surface area contributed by atoms with E-state index in [9.17, 15) is 0 Å². The van der Waals surface area contributed by atoms with E-state index in [1.807, 2.05) is 7.05 Å². The van der Waals surface area contributed by atoms with Gasteiger partial charge in [-0.1, -0.05) is 0 Å². The fourth-order valence-corrected chi connectivity index (χ4v) is 1.40. The minimum absolute atomic E-state index is 0.554. The van der Waals surface area contributed by atoms with Gasteiger partial charge >= 0.3 is 0 Å². The summed E-state index contributed by atoms with van der Waals surface area (Å²) in [6, 6.07) is 1.37. The molecule has 0 aliphatic heterocycles. The highest BCUT2D eigenvalue weighted by atomic mass is 32.1. The molecule has 1 rings (SSSR count). The molecule has 0 aromatic carbocycles. The molecule has 0 aromatic heterocycles. The highest BCUT2D eigenvalue weighted by molar-refractivity contribution is 7.80. The van der Waals surface area contributed by atoms with Crippen LogP contribution in [-0.4, -0.2) is 42.7 Å². The third-order valence-corrected chi connectivity index (χ3v) is 2.95. The molecule has 0 spiro atoms. The summed E-state index contributed by atoms with van der Waals surface area (Å²) in [7, 11) is 4.02. The summed E-state index contributed by atoms with van der Waals surface area (Å²) in [6.45, 7) is 3.15. The maximum atomic E-state index is 5.00. The van der Waals surface area contributed by atoms with Gasteiger partial charge in [0.15, 0.2) is 5.11 Å². The van der Waals surface area contributed by atoms with Crippen LogP contribution in [0.2, 0.25) is 0 Å². The molecular formula is C9H19N3S. The van der Waals surface area contributed by atoms with Crippen LogP contribution < -0.4 is 10.6 Å². The third-order valence-electron chi connectivity index (χ3n) is 2.60. The molecule has 1 saturated carbocycles. The molecule has 0 amide bonds. The summed E-state index contributed by atoms with van der Waals surface area (Å²) >= 11 is 5.00. The predicted molar refractivity (Wildman–Crippen MR) is 59.9 cm³/mol. The fraction of sp³-hybridized carbons (Fsp3) is 0.889. The van der Waals surface area contributed by atoms with E-state index in [0.29, 0.717) is 6.04 Å². The summed E-state index contributed by atoms with van der Waals surface area (Å²) in [4.78, 5) is 2.42. The molecule has 0 radical (unpaired) electrons. The quantitative estimate of drug-likeness (QED) is 0.650. The number of hydrogen-bond acceptors (Lipinski definition) is 2. The first-order valence-corrected chi connectivity index (χ1v) is 5.23. The Balaban J connectivity index is 2.15. The fourth-order valence-electron chi connectivity index (χ4n) is 1.31. The Morgan fingerprint density at radius 2 is 2.23 bits per heavy atom. The first kappa shape index (κ1) is 10.7. The largest absolute Gasteiger partial charge is 0.366 e. The second kappa shape index (κ2) is 4.77. The van der Waals surface area contributed by atoms with Crippen LogP contribution in [0, 0.1) is 0 Å². The number of rotatable bonds is 4. The van der Waals surface area contributed by atoms with Gasteiger partial charge in [0, 0.05) is 25.7 Å². The third kappa shape index (κ3) is 3.48. The lowest BCUT2D eigenvalue weighted by atomic mass is 10.3. The van der Waals surface area contributed by atoms with Crippen molar-refractivity contribution in [3.8, 4) is 0 Å². The minimum Gasteiger partial charge on any atom is -0.366 e. The Labute approximate surface area is 85.9 Å². The topological polar surface area (TPSA) is 27.3 Å². The van der Waals surface area contributed by atoms with Crippen LogP contribution in [0.4, 0.5) is 0 Å². The van der Waals surface area contributed by atoms with E-state index < -0.39 is 0 Å². The number of likely N-dealkylation sites (N-methyl/N-ethyl adjacent to an activating group) is 1. The number of nitrogens with zero attached hydrogens (tertiary/aromatic N) is 1. The van der Waals surface area contributed by atoms with E-state index in [2.05, 4.69) is 29.5 Å². The standard InChI is InChI=1S/C9H19N3S/c1-7(6-11-9(13)10-2)12(3)8-4-5-8/h7-8H,4-6H2,1-3H3,(H2,10,11,13). The highest BCUT2D eigenvalue weighted by Gasteiger charge is 2.28. The van der Waals surface area contributed by atoms with Crippen LogP contribution in [-0.2, 0) is 0 Å². The van der Waals surface area contributed by atoms with Gasteiger partial charge in [-0.25, -0.2) is 0 Å². The van der Waals surface area contributed by atoms with Gasteiger partial charge in [-0.2, -0.15) is 0 Å². The van der Waals surface area contributed by atoms with Crippen molar-refractivity contribution in [3.63, 3.8) is 0 Å². The van der Waals surface area contributed by atoms with Gasteiger partial charge in [-0.05, 0) is 39.0 Å². The average Bonchev–Trinajstić information content (AvgIpc) is 2.95. The highest BCUT2D eigenvalue weighted by Crippen LogP contribution is 2.26. The molecule has 2 N–H and O–H groups in total. The molecule has 1 aliphatic rings. The zero-order valence-corrected chi connectivity index (χ0v) is 9.45. The monoisotopic (exact) mass is 201 g/mol. The van der Waals surface area contributed by atoms with Crippen LogP contribution in [0.15, 0.2) is 0 Å². The van der Waals surface area contributed by atoms with Crippen LogP contribution >= 0.6 is 12.2 Å². The molecule has 76 valence electrons. The van der Waals surface area contributed by atoms with Gasteiger partial charge in [0.2, 0.25) is 0 Å². The van der Waals surface area contributed by atoms with E-state index in [1.165, 1.54) is 12.8 Å². The predicted octanol–water partition coefficient (Wildman–Crippen LogP) is 0.563. The van der Waals surface area contributed by atoms with E-state index in [1.54, 1.807) is 0 Å². The first-order valence-electron chi connectivity index (χ1n) is 4.82.